The van der Waals surface area contributed by atoms with Gasteiger partial charge in [-0.1, -0.05) is 22.0 Å². The Morgan fingerprint density at radius 1 is 1.00 bits per heavy atom. The molecule has 0 aliphatic carbocycles. The molecule has 2 N–H and O–H groups in total. The molecule has 2 rings (SSSR count). The van der Waals surface area contributed by atoms with Gasteiger partial charge in [0.05, 0.1) is 0 Å². The van der Waals surface area contributed by atoms with Crippen LogP contribution in [-0.2, 0) is 13.2 Å². The summed E-state index contributed by atoms with van der Waals surface area (Å²) in [6.45, 7) is 0.442. The van der Waals surface area contributed by atoms with E-state index in [0.717, 1.165) is 5.56 Å². The Labute approximate surface area is 118 Å². The summed E-state index contributed by atoms with van der Waals surface area (Å²) in [4.78, 5) is 0. The highest BCUT2D eigenvalue weighted by Crippen LogP contribution is 2.23. The molecule has 0 amide bonds. The summed E-state index contributed by atoms with van der Waals surface area (Å²) in [5, 5.41) is 0. The Morgan fingerprint density at radius 2 is 1.68 bits per heavy atom. The van der Waals surface area contributed by atoms with Crippen LogP contribution in [-0.4, -0.2) is 0 Å². The molecule has 0 fully saturated rings. The molecule has 0 spiro atoms. The van der Waals surface area contributed by atoms with Gasteiger partial charge in [-0.3, -0.25) is 0 Å². The van der Waals surface area contributed by atoms with Gasteiger partial charge in [-0.2, -0.15) is 0 Å². The molecule has 5 heteroatoms. The summed E-state index contributed by atoms with van der Waals surface area (Å²) in [6, 6.07) is 8.55. The fourth-order valence-electron chi connectivity index (χ4n) is 1.64. The first-order valence-electron chi connectivity index (χ1n) is 5.65. The van der Waals surface area contributed by atoms with E-state index >= 15 is 0 Å². The predicted octanol–water partition coefficient (Wildman–Crippen LogP) is 3.77. The van der Waals surface area contributed by atoms with Crippen molar-refractivity contribution < 1.29 is 13.5 Å². The Bertz CT molecular complexity index is 590. The molecule has 0 bridgehead atoms. The van der Waals surface area contributed by atoms with Crippen molar-refractivity contribution in [3.05, 3.63) is 63.6 Å². The Kier molecular flexibility index (Phi) is 4.50. The minimum atomic E-state index is -0.351. The standard InChI is InChI=1S/C14H12BrF2NO/c15-13-6-12(17)2-1-9(13)8-19-14-4-3-11(16)5-10(14)7-18/h1-6H,7-8,18H2. The average Bonchev–Trinajstić information content (AvgIpc) is 2.39. The number of hydrogen-bond acceptors (Lipinski definition) is 2. The quantitative estimate of drug-likeness (QED) is 0.927. The van der Waals surface area contributed by atoms with Gasteiger partial charge in [-0.15, -0.1) is 0 Å². The van der Waals surface area contributed by atoms with E-state index in [9.17, 15) is 8.78 Å². The maximum Gasteiger partial charge on any atom is 0.124 e. The molecule has 100 valence electrons. The molecular formula is C14H12BrF2NO. The van der Waals surface area contributed by atoms with Gasteiger partial charge in [0.2, 0.25) is 0 Å². The van der Waals surface area contributed by atoms with Crippen molar-refractivity contribution >= 4 is 15.9 Å². The van der Waals surface area contributed by atoms with Gasteiger partial charge in [0.15, 0.2) is 0 Å². The largest absolute Gasteiger partial charge is 0.489 e. The van der Waals surface area contributed by atoms with Crippen LogP contribution < -0.4 is 10.5 Å². The van der Waals surface area contributed by atoms with E-state index in [1.165, 1.54) is 30.3 Å². The molecule has 0 saturated carbocycles. The molecule has 2 nitrogen and oxygen atoms in total. The Balaban J connectivity index is 2.14. The number of benzene rings is 2. The first-order valence-corrected chi connectivity index (χ1v) is 6.44. The third kappa shape index (κ3) is 3.52. The number of hydrogen-bond donors (Lipinski definition) is 1. The van der Waals surface area contributed by atoms with E-state index in [-0.39, 0.29) is 24.8 Å². The molecule has 19 heavy (non-hydrogen) atoms. The number of ether oxygens (including phenoxy) is 1. The summed E-state index contributed by atoms with van der Waals surface area (Å²) in [5.74, 6) is -0.143. The summed E-state index contributed by atoms with van der Waals surface area (Å²) in [5.41, 5.74) is 6.93. The van der Waals surface area contributed by atoms with Gasteiger partial charge in [-0.25, -0.2) is 8.78 Å². The lowest BCUT2D eigenvalue weighted by atomic mass is 10.2. The van der Waals surface area contributed by atoms with Crippen molar-refractivity contribution in [1.82, 2.24) is 0 Å². The first-order chi connectivity index (χ1) is 9.10. The van der Waals surface area contributed by atoms with E-state index in [2.05, 4.69) is 15.9 Å². The zero-order valence-corrected chi connectivity index (χ0v) is 11.6. The molecular weight excluding hydrogens is 316 g/mol. The summed E-state index contributed by atoms with van der Waals surface area (Å²) in [6.07, 6.45) is 0. The topological polar surface area (TPSA) is 35.2 Å². The second-order valence-electron chi connectivity index (χ2n) is 3.98. The zero-order valence-electron chi connectivity index (χ0n) is 10.00. The van der Waals surface area contributed by atoms with E-state index < -0.39 is 0 Å². The van der Waals surface area contributed by atoms with Gasteiger partial charge in [0.1, 0.15) is 24.0 Å². The van der Waals surface area contributed by atoms with Gasteiger partial charge in [0.25, 0.3) is 0 Å². The predicted molar refractivity (Wildman–Crippen MR) is 72.7 cm³/mol. The summed E-state index contributed by atoms with van der Waals surface area (Å²) in [7, 11) is 0. The first kappa shape index (κ1) is 14.0. The molecule has 0 atom stereocenters. The van der Waals surface area contributed by atoms with Crippen LogP contribution in [0, 0.1) is 11.6 Å². The van der Waals surface area contributed by atoms with E-state index in [1.807, 2.05) is 0 Å². The van der Waals surface area contributed by atoms with Gasteiger partial charge < -0.3 is 10.5 Å². The fourth-order valence-corrected chi connectivity index (χ4v) is 2.11. The zero-order chi connectivity index (χ0) is 13.8. The maximum atomic E-state index is 13.0. The highest BCUT2D eigenvalue weighted by Gasteiger charge is 2.06. The molecule has 0 radical (unpaired) electrons. The molecule has 0 unspecified atom stereocenters. The van der Waals surface area contributed by atoms with Crippen LogP contribution in [0.1, 0.15) is 11.1 Å². The lowest BCUT2D eigenvalue weighted by Crippen LogP contribution is -2.03. The van der Waals surface area contributed by atoms with Gasteiger partial charge in [0, 0.05) is 22.1 Å². The van der Waals surface area contributed by atoms with Crippen LogP contribution in [0.15, 0.2) is 40.9 Å². The average molecular weight is 328 g/mol. The van der Waals surface area contributed by atoms with Crippen molar-refractivity contribution in [3.63, 3.8) is 0 Å². The van der Waals surface area contributed by atoms with Crippen LogP contribution in [0.3, 0.4) is 0 Å². The van der Waals surface area contributed by atoms with Crippen LogP contribution in [0.2, 0.25) is 0 Å². The third-order valence-electron chi connectivity index (χ3n) is 2.64. The Morgan fingerprint density at radius 3 is 2.37 bits per heavy atom. The minimum Gasteiger partial charge on any atom is -0.489 e. The molecule has 0 heterocycles. The number of nitrogens with two attached hydrogens (primary N) is 1. The lowest BCUT2D eigenvalue weighted by Gasteiger charge is -2.11. The summed E-state index contributed by atoms with van der Waals surface area (Å²) < 4.78 is 32.2. The molecule has 0 aliphatic rings. The van der Waals surface area contributed by atoms with Crippen molar-refractivity contribution in [3.8, 4) is 5.75 Å². The molecule has 0 saturated heterocycles. The molecule has 0 aliphatic heterocycles. The van der Waals surface area contributed by atoms with Crippen molar-refractivity contribution in [2.75, 3.05) is 0 Å². The van der Waals surface area contributed by atoms with Crippen molar-refractivity contribution in [2.45, 2.75) is 13.2 Å². The van der Waals surface area contributed by atoms with Crippen molar-refractivity contribution in [2.24, 2.45) is 5.73 Å². The van der Waals surface area contributed by atoms with Crippen LogP contribution in [0.4, 0.5) is 8.78 Å². The number of rotatable bonds is 4. The van der Waals surface area contributed by atoms with E-state index in [1.54, 1.807) is 6.07 Å². The molecule has 0 aromatic heterocycles. The highest BCUT2D eigenvalue weighted by atomic mass is 79.9. The molecule has 2 aromatic rings. The smallest absolute Gasteiger partial charge is 0.124 e. The minimum absolute atomic E-state index is 0.192. The fraction of sp³-hybridized carbons (Fsp3) is 0.143. The monoisotopic (exact) mass is 327 g/mol. The molecule has 2 aromatic carbocycles. The lowest BCUT2D eigenvalue weighted by molar-refractivity contribution is 0.301. The van der Waals surface area contributed by atoms with Crippen molar-refractivity contribution in [1.29, 1.82) is 0 Å². The number of halogens is 3. The Hall–Kier alpha value is -1.46. The van der Waals surface area contributed by atoms with Gasteiger partial charge >= 0.3 is 0 Å². The second kappa shape index (κ2) is 6.12. The summed E-state index contributed by atoms with van der Waals surface area (Å²) >= 11 is 3.26. The van der Waals surface area contributed by atoms with E-state index in [0.29, 0.717) is 15.8 Å². The van der Waals surface area contributed by atoms with Gasteiger partial charge in [-0.05, 0) is 30.3 Å². The van der Waals surface area contributed by atoms with Crippen LogP contribution >= 0.6 is 15.9 Å². The third-order valence-corrected chi connectivity index (χ3v) is 3.38. The van der Waals surface area contributed by atoms with Crippen LogP contribution in [0.5, 0.6) is 5.75 Å². The highest BCUT2D eigenvalue weighted by molar-refractivity contribution is 9.10. The maximum absolute atomic E-state index is 13.0. The van der Waals surface area contributed by atoms with E-state index in [4.69, 9.17) is 10.5 Å². The SMILES string of the molecule is NCc1cc(F)ccc1OCc1ccc(F)cc1Br. The normalized spacial score (nSPS) is 10.5. The second-order valence-corrected chi connectivity index (χ2v) is 4.83. The van der Waals surface area contributed by atoms with Crippen LogP contribution in [0.25, 0.3) is 0 Å².